The Bertz CT molecular complexity index is 805. The van der Waals surface area contributed by atoms with Crippen LogP contribution in [0.15, 0.2) is 30.3 Å². The number of amides is 1. The molecule has 1 unspecified atom stereocenters. The van der Waals surface area contributed by atoms with Gasteiger partial charge >= 0.3 is 0 Å². The number of aromatic nitrogens is 2. The molecule has 142 valence electrons. The number of aryl methyl sites for hydroxylation is 2. The molecule has 2 aliphatic rings. The van der Waals surface area contributed by atoms with Gasteiger partial charge in [-0.2, -0.15) is 0 Å². The number of benzene rings is 1. The molecule has 0 spiro atoms. The smallest absolute Gasteiger partial charge is 0.223 e. The Morgan fingerprint density at radius 2 is 1.96 bits per heavy atom. The van der Waals surface area contributed by atoms with Crippen LogP contribution >= 0.6 is 0 Å². The van der Waals surface area contributed by atoms with Gasteiger partial charge in [-0.3, -0.25) is 4.79 Å². The second-order valence-electron chi connectivity index (χ2n) is 7.78. The van der Waals surface area contributed by atoms with E-state index in [-0.39, 0.29) is 5.91 Å². The number of hydrogen-bond donors (Lipinski definition) is 1. The normalized spacial score (nSPS) is 19.2. The molecule has 4 rings (SSSR count). The first kappa shape index (κ1) is 18.0. The molecule has 0 bridgehead atoms. The summed E-state index contributed by atoms with van der Waals surface area (Å²) < 4.78 is 0. The molecular formula is C22H28N4O. The molecule has 0 radical (unpaired) electrons. The van der Waals surface area contributed by atoms with Crippen molar-refractivity contribution in [2.75, 3.05) is 25.0 Å². The summed E-state index contributed by atoms with van der Waals surface area (Å²) >= 11 is 0. The predicted molar refractivity (Wildman–Crippen MR) is 107 cm³/mol. The second kappa shape index (κ2) is 8.07. The maximum atomic E-state index is 12.4. The van der Waals surface area contributed by atoms with Crippen molar-refractivity contribution in [3.05, 3.63) is 53.0 Å². The van der Waals surface area contributed by atoms with Gasteiger partial charge in [0, 0.05) is 43.2 Å². The van der Waals surface area contributed by atoms with Gasteiger partial charge in [0.15, 0.2) is 0 Å². The van der Waals surface area contributed by atoms with E-state index in [0.717, 1.165) is 50.5 Å². The average Bonchev–Trinajstić information content (AvgIpc) is 3.05. The molecule has 5 heteroatoms. The summed E-state index contributed by atoms with van der Waals surface area (Å²) in [7, 11) is 0. The molecule has 0 saturated carbocycles. The van der Waals surface area contributed by atoms with E-state index in [2.05, 4.69) is 39.6 Å². The SMILES string of the molecule is Cc1nc2c(c(NCC3CC(=O)N(CCc4ccccc4)C3)n1)CCCC2. The summed E-state index contributed by atoms with van der Waals surface area (Å²) in [5, 5.41) is 3.54. The molecule has 27 heavy (non-hydrogen) atoms. The van der Waals surface area contributed by atoms with Crippen molar-refractivity contribution in [2.24, 2.45) is 5.92 Å². The van der Waals surface area contributed by atoms with Crippen LogP contribution < -0.4 is 5.32 Å². The number of anilines is 1. The zero-order valence-electron chi connectivity index (χ0n) is 16.1. The van der Waals surface area contributed by atoms with Gasteiger partial charge < -0.3 is 10.2 Å². The maximum Gasteiger partial charge on any atom is 0.223 e. The van der Waals surface area contributed by atoms with Gasteiger partial charge in [0.1, 0.15) is 11.6 Å². The quantitative estimate of drug-likeness (QED) is 0.855. The number of rotatable bonds is 6. The lowest BCUT2D eigenvalue weighted by Gasteiger charge is -2.21. The van der Waals surface area contributed by atoms with Gasteiger partial charge in [0.2, 0.25) is 5.91 Å². The van der Waals surface area contributed by atoms with E-state index in [4.69, 9.17) is 0 Å². The summed E-state index contributed by atoms with van der Waals surface area (Å²) in [4.78, 5) is 23.6. The number of likely N-dealkylation sites (tertiary alicyclic amines) is 1. The highest BCUT2D eigenvalue weighted by Gasteiger charge is 2.29. The van der Waals surface area contributed by atoms with Crippen molar-refractivity contribution < 1.29 is 4.79 Å². The van der Waals surface area contributed by atoms with E-state index in [9.17, 15) is 4.79 Å². The maximum absolute atomic E-state index is 12.4. The van der Waals surface area contributed by atoms with E-state index in [1.807, 2.05) is 17.9 Å². The summed E-state index contributed by atoms with van der Waals surface area (Å²) in [5.41, 5.74) is 3.79. The standard InChI is InChI=1S/C22H28N4O/c1-16-24-20-10-6-5-9-19(20)22(25-16)23-14-18-13-21(27)26(15-18)12-11-17-7-3-2-4-8-17/h2-4,7-8,18H,5-6,9-15H2,1H3,(H,23,24,25). The highest BCUT2D eigenvalue weighted by atomic mass is 16.2. The van der Waals surface area contributed by atoms with Gasteiger partial charge in [0.05, 0.1) is 0 Å². The number of nitrogens with one attached hydrogen (secondary N) is 1. The topological polar surface area (TPSA) is 58.1 Å². The third kappa shape index (κ3) is 4.29. The average molecular weight is 364 g/mol. The molecule has 2 aromatic rings. The summed E-state index contributed by atoms with van der Waals surface area (Å²) in [5.74, 6) is 2.46. The third-order valence-electron chi connectivity index (χ3n) is 5.66. The number of nitrogens with zero attached hydrogens (tertiary/aromatic N) is 3. The Morgan fingerprint density at radius 1 is 1.15 bits per heavy atom. The van der Waals surface area contributed by atoms with Gasteiger partial charge in [-0.05, 0) is 44.6 Å². The lowest BCUT2D eigenvalue weighted by Crippen LogP contribution is -2.28. The molecular weight excluding hydrogens is 336 g/mol. The van der Waals surface area contributed by atoms with Gasteiger partial charge in [-0.25, -0.2) is 9.97 Å². The third-order valence-corrected chi connectivity index (χ3v) is 5.66. The molecule has 5 nitrogen and oxygen atoms in total. The van der Waals surface area contributed by atoms with Crippen LogP contribution in [0.2, 0.25) is 0 Å². The zero-order chi connectivity index (χ0) is 18.6. The van der Waals surface area contributed by atoms with E-state index in [0.29, 0.717) is 12.3 Å². The Labute approximate surface area is 161 Å². The van der Waals surface area contributed by atoms with Crippen LogP contribution in [0.1, 0.15) is 41.9 Å². The number of hydrogen-bond acceptors (Lipinski definition) is 4. The van der Waals surface area contributed by atoms with Crippen LogP contribution in [0.3, 0.4) is 0 Å². The minimum Gasteiger partial charge on any atom is -0.369 e. The highest BCUT2D eigenvalue weighted by Crippen LogP contribution is 2.26. The molecule has 1 atom stereocenters. The molecule has 1 aromatic carbocycles. The van der Waals surface area contributed by atoms with E-state index in [1.165, 1.54) is 29.7 Å². The van der Waals surface area contributed by atoms with Crippen LogP contribution in [0.4, 0.5) is 5.82 Å². The molecule has 1 aromatic heterocycles. The molecule has 1 saturated heterocycles. The van der Waals surface area contributed by atoms with Crippen LogP contribution in [-0.4, -0.2) is 40.4 Å². The minimum atomic E-state index is 0.277. The number of carbonyl (C=O) groups is 1. The fourth-order valence-electron chi connectivity index (χ4n) is 4.22. The van der Waals surface area contributed by atoms with Gasteiger partial charge in [0.25, 0.3) is 0 Å². The first-order valence-corrected chi connectivity index (χ1v) is 10.1. The van der Waals surface area contributed by atoms with Crippen LogP contribution in [-0.2, 0) is 24.1 Å². The van der Waals surface area contributed by atoms with Crippen LogP contribution in [0.25, 0.3) is 0 Å². The predicted octanol–water partition coefficient (Wildman–Crippen LogP) is 3.17. The summed E-state index contributed by atoms with van der Waals surface area (Å²) in [6.45, 7) is 4.41. The van der Waals surface area contributed by atoms with Gasteiger partial charge in [-0.15, -0.1) is 0 Å². The molecule has 2 heterocycles. The zero-order valence-corrected chi connectivity index (χ0v) is 16.1. The van der Waals surface area contributed by atoms with Crippen molar-refractivity contribution in [2.45, 2.75) is 45.4 Å². The molecule has 1 aliphatic heterocycles. The minimum absolute atomic E-state index is 0.277. The fraction of sp³-hybridized carbons (Fsp3) is 0.500. The lowest BCUT2D eigenvalue weighted by atomic mass is 9.96. The number of fused-ring (bicyclic) bond motifs is 1. The van der Waals surface area contributed by atoms with Crippen LogP contribution in [0, 0.1) is 12.8 Å². The monoisotopic (exact) mass is 364 g/mol. The first-order valence-electron chi connectivity index (χ1n) is 10.1. The largest absolute Gasteiger partial charge is 0.369 e. The van der Waals surface area contributed by atoms with E-state index < -0.39 is 0 Å². The molecule has 1 aliphatic carbocycles. The van der Waals surface area contributed by atoms with Crippen molar-refractivity contribution in [3.63, 3.8) is 0 Å². The second-order valence-corrected chi connectivity index (χ2v) is 7.78. The van der Waals surface area contributed by atoms with Crippen molar-refractivity contribution in [1.29, 1.82) is 0 Å². The Balaban J connectivity index is 1.33. The summed E-state index contributed by atoms with van der Waals surface area (Å²) in [6, 6.07) is 10.4. The summed E-state index contributed by atoms with van der Waals surface area (Å²) in [6.07, 6.45) is 6.10. The van der Waals surface area contributed by atoms with Crippen molar-refractivity contribution >= 4 is 11.7 Å². The van der Waals surface area contributed by atoms with Crippen LogP contribution in [0.5, 0.6) is 0 Å². The Morgan fingerprint density at radius 3 is 2.81 bits per heavy atom. The first-order chi connectivity index (χ1) is 13.2. The Hall–Kier alpha value is -2.43. The number of carbonyl (C=O) groups excluding carboxylic acids is 1. The van der Waals surface area contributed by atoms with Gasteiger partial charge in [-0.1, -0.05) is 30.3 Å². The highest BCUT2D eigenvalue weighted by molar-refractivity contribution is 5.78. The van der Waals surface area contributed by atoms with Crippen molar-refractivity contribution in [3.8, 4) is 0 Å². The Kier molecular flexibility index (Phi) is 5.37. The molecule has 1 fully saturated rings. The van der Waals surface area contributed by atoms with E-state index in [1.54, 1.807) is 0 Å². The van der Waals surface area contributed by atoms with E-state index >= 15 is 0 Å². The molecule has 1 amide bonds. The fourth-order valence-corrected chi connectivity index (χ4v) is 4.22. The van der Waals surface area contributed by atoms with Crippen molar-refractivity contribution in [1.82, 2.24) is 14.9 Å². The molecule has 1 N–H and O–H groups in total. The lowest BCUT2D eigenvalue weighted by molar-refractivity contribution is -0.127.